The first kappa shape index (κ1) is 20.1. The van der Waals surface area contributed by atoms with Gasteiger partial charge in [0.25, 0.3) is 0 Å². The van der Waals surface area contributed by atoms with Crippen molar-refractivity contribution in [1.29, 1.82) is 0 Å². The van der Waals surface area contributed by atoms with Crippen molar-refractivity contribution < 1.29 is 14.3 Å². The van der Waals surface area contributed by atoms with Gasteiger partial charge in [0.05, 0.1) is 0 Å². The minimum absolute atomic E-state index is 0.220. The molecule has 5 heteroatoms. The number of carbonyl (C=O) groups is 1. The molecule has 0 bridgehead atoms. The number of hydrogen-bond acceptors (Lipinski definition) is 4. The fourth-order valence-electron chi connectivity index (χ4n) is 3.31. The Morgan fingerprint density at radius 3 is 2.32 bits per heavy atom. The second-order valence-electron chi connectivity index (χ2n) is 8.24. The summed E-state index contributed by atoms with van der Waals surface area (Å²) in [6.07, 6.45) is -0.233. The zero-order valence-electron chi connectivity index (χ0n) is 17.2. The predicted molar refractivity (Wildman–Crippen MR) is 112 cm³/mol. The van der Waals surface area contributed by atoms with Gasteiger partial charge in [0.2, 0.25) is 0 Å². The van der Waals surface area contributed by atoms with Crippen molar-refractivity contribution >= 4 is 11.8 Å². The molecule has 1 fully saturated rings. The molecule has 1 amide bonds. The van der Waals surface area contributed by atoms with Gasteiger partial charge in [-0.1, -0.05) is 30.3 Å². The molecule has 1 heterocycles. The molecule has 1 aliphatic heterocycles. The quantitative estimate of drug-likeness (QED) is 0.768. The Bertz CT molecular complexity index is 769. The van der Waals surface area contributed by atoms with Gasteiger partial charge in [-0.2, -0.15) is 0 Å². The van der Waals surface area contributed by atoms with Crippen LogP contribution in [0.2, 0.25) is 0 Å². The second kappa shape index (κ2) is 8.55. The standard InChI is InChI=1S/C23H30N2O3/c1-18-16-24(22(26)28-23(2,3)4)14-15-25(18)20-10-12-21(13-11-20)27-17-19-8-6-5-7-9-19/h5-13,18H,14-17H2,1-4H3. The van der Waals surface area contributed by atoms with Gasteiger partial charge in [-0.25, -0.2) is 4.79 Å². The molecular formula is C23H30N2O3. The molecule has 0 spiro atoms. The minimum Gasteiger partial charge on any atom is -0.489 e. The van der Waals surface area contributed by atoms with E-state index in [4.69, 9.17) is 9.47 Å². The number of anilines is 1. The van der Waals surface area contributed by atoms with Gasteiger partial charge >= 0.3 is 6.09 Å². The van der Waals surface area contributed by atoms with Gasteiger partial charge in [-0.05, 0) is 57.5 Å². The van der Waals surface area contributed by atoms with Gasteiger partial charge < -0.3 is 19.3 Å². The van der Waals surface area contributed by atoms with Crippen LogP contribution in [0.15, 0.2) is 54.6 Å². The zero-order chi connectivity index (χ0) is 20.1. The van der Waals surface area contributed by atoms with E-state index in [-0.39, 0.29) is 12.1 Å². The van der Waals surface area contributed by atoms with Gasteiger partial charge in [0.15, 0.2) is 0 Å². The van der Waals surface area contributed by atoms with Crippen molar-refractivity contribution in [1.82, 2.24) is 4.90 Å². The number of ether oxygens (including phenoxy) is 2. The first-order chi connectivity index (χ1) is 13.3. The maximum absolute atomic E-state index is 12.3. The van der Waals surface area contributed by atoms with Crippen LogP contribution in [0.5, 0.6) is 5.75 Å². The van der Waals surface area contributed by atoms with Crippen molar-refractivity contribution in [2.75, 3.05) is 24.5 Å². The van der Waals surface area contributed by atoms with Crippen LogP contribution >= 0.6 is 0 Å². The average molecular weight is 383 g/mol. The molecule has 1 atom stereocenters. The smallest absolute Gasteiger partial charge is 0.410 e. The number of nitrogens with zero attached hydrogens (tertiary/aromatic N) is 2. The van der Waals surface area contributed by atoms with Crippen molar-refractivity contribution in [3.05, 3.63) is 60.2 Å². The zero-order valence-corrected chi connectivity index (χ0v) is 17.2. The molecule has 0 saturated carbocycles. The van der Waals surface area contributed by atoms with E-state index in [1.807, 2.05) is 51.1 Å². The van der Waals surface area contributed by atoms with Crippen LogP contribution in [0.3, 0.4) is 0 Å². The number of carbonyl (C=O) groups excluding carboxylic acids is 1. The third kappa shape index (κ3) is 5.41. The van der Waals surface area contributed by atoms with Gasteiger partial charge in [0.1, 0.15) is 18.0 Å². The summed E-state index contributed by atoms with van der Waals surface area (Å²) in [5, 5.41) is 0. The molecule has 1 saturated heterocycles. The summed E-state index contributed by atoms with van der Waals surface area (Å²) in [6.45, 7) is 10.5. The van der Waals surface area contributed by atoms with E-state index in [0.717, 1.165) is 23.5 Å². The summed E-state index contributed by atoms with van der Waals surface area (Å²) < 4.78 is 11.4. The van der Waals surface area contributed by atoms with Crippen LogP contribution in [0.25, 0.3) is 0 Å². The highest BCUT2D eigenvalue weighted by molar-refractivity contribution is 5.69. The van der Waals surface area contributed by atoms with Crippen molar-refractivity contribution in [2.45, 2.75) is 45.9 Å². The van der Waals surface area contributed by atoms with Gasteiger partial charge in [-0.15, -0.1) is 0 Å². The highest BCUT2D eigenvalue weighted by Crippen LogP contribution is 2.24. The normalized spacial score (nSPS) is 17.4. The number of benzene rings is 2. The Hall–Kier alpha value is -2.69. The summed E-state index contributed by atoms with van der Waals surface area (Å²) in [5.74, 6) is 0.854. The lowest BCUT2D eigenvalue weighted by Crippen LogP contribution is -2.54. The second-order valence-corrected chi connectivity index (χ2v) is 8.24. The maximum atomic E-state index is 12.3. The molecular weight excluding hydrogens is 352 g/mol. The summed E-state index contributed by atoms with van der Waals surface area (Å²) in [7, 11) is 0. The molecule has 150 valence electrons. The SMILES string of the molecule is CC1CN(C(=O)OC(C)(C)C)CCN1c1ccc(OCc2ccccc2)cc1. The molecule has 0 N–H and O–H groups in total. The lowest BCUT2D eigenvalue weighted by molar-refractivity contribution is 0.0219. The lowest BCUT2D eigenvalue weighted by atomic mass is 10.1. The molecule has 0 aliphatic carbocycles. The van der Waals surface area contributed by atoms with Crippen LogP contribution in [-0.4, -0.2) is 42.3 Å². The van der Waals surface area contributed by atoms with Crippen LogP contribution < -0.4 is 9.64 Å². The third-order valence-corrected chi connectivity index (χ3v) is 4.70. The Morgan fingerprint density at radius 1 is 1.04 bits per heavy atom. The molecule has 0 aromatic heterocycles. The van der Waals surface area contributed by atoms with Crippen molar-refractivity contribution in [3.8, 4) is 5.75 Å². The predicted octanol–water partition coefficient (Wildman–Crippen LogP) is 4.71. The number of rotatable bonds is 4. The Balaban J connectivity index is 1.55. The highest BCUT2D eigenvalue weighted by atomic mass is 16.6. The van der Waals surface area contributed by atoms with E-state index in [1.54, 1.807) is 4.90 Å². The Morgan fingerprint density at radius 2 is 1.71 bits per heavy atom. The van der Waals surface area contributed by atoms with E-state index in [9.17, 15) is 4.79 Å². The summed E-state index contributed by atoms with van der Waals surface area (Å²) in [4.78, 5) is 16.4. The number of hydrogen-bond donors (Lipinski definition) is 0. The van der Waals surface area contributed by atoms with Crippen LogP contribution in [-0.2, 0) is 11.3 Å². The molecule has 0 radical (unpaired) electrons. The highest BCUT2D eigenvalue weighted by Gasteiger charge is 2.29. The van der Waals surface area contributed by atoms with E-state index >= 15 is 0 Å². The Kier molecular flexibility index (Phi) is 6.12. The lowest BCUT2D eigenvalue weighted by Gasteiger charge is -2.41. The fourth-order valence-corrected chi connectivity index (χ4v) is 3.31. The molecule has 28 heavy (non-hydrogen) atoms. The monoisotopic (exact) mass is 382 g/mol. The van der Waals surface area contributed by atoms with E-state index in [0.29, 0.717) is 19.7 Å². The molecule has 5 nitrogen and oxygen atoms in total. The van der Waals surface area contributed by atoms with E-state index < -0.39 is 5.60 Å². The van der Waals surface area contributed by atoms with Crippen molar-refractivity contribution in [2.24, 2.45) is 0 Å². The van der Waals surface area contributed by atoms with E-state index in [1.165, 1.54) is 0 Å². The topological polar surface area (TPSA) is 42.0 Å². The van der Waals surface area contributed by atoms with Crippen LogP contribution in [0, 0.1) is 0 Å². The van der Waals surface area contributed by atoms with Gasteiger partial charge in [0, 0.05) is 31.4 Å². The average Bonchev–Trinajstić information content (AvgIpc) is 2.66. The molecule has 3 rings (SSSR count). The molecule has 2 aromatic carbocycles. The first-order valence-electron chi connectivity index (χ1n) is 9.83. The number of amides is 1. The largest absolute Gasteiger partial charge is 0.489 e. The molecule has 1 unspecified atom stereocenters. The molecule has 1 aliphatic rings. The van der Waals surface area contributed by atoms with Crippen LogP contribution in [0.4, 0.5) is 10.5 Å². The minimum atomic E-state index is -0.465. The Labute approximate surface area is 167 Å². The summed E-state index contributed by atoms with van der Waals surface area (Å²) >= 11 is 0. The number of piperazine rings is 1. The maximum Gasteiger partial charge on any atom is 0.410 e. The first-order valence-corrected chi connectivity index (χ1v) is 9.83. The summed E-state index contributed by atoms with van der Waals surface area (Å²) in [6, 6.07) is 18.5. The van der Waals surface area contributed by atoms with Crippen LogP contribution in [0.1, 0.15) is 33.3 Å². The third-order valence-electron chi connectivity index (χ3n) is 4.70. The van der Waals surface area contributed by atoms with E-state index in [2.05, 4.69) is 36.1 Å². The van der Waals surface area contributed by atoms with Crippen molar-refractivity contribution in [3.63, 3.8) is 0 Å². The summed E-state index contributed by atoms with van der Waals surface area (Å²) in [5.41, 5.74) is 1.83. The molecule has 2 aromatic rings. The fraction of sp³-hybridized carbons (Fsp3) is 0.435. The van der Waals surface area contributed by atoms with Gasteiger partial charge in [-0.3, -0.25) is 0 Å².